The highest BCUT2D eigenvalue weighted by molar-refractivity contribution is 6.33. The molecule has 134 valence electrons. The lowest BCUT2D eigenvalue weighted by Crippen LogP contribution is -2.30. The second kappa shape index (κ2) is 7.76. The van der Waals surface area contributed by atoms with Crippen LogP contribution in [0.3, 0.4) is 0 Å². The first-order valence-corrected chi connectivity index (χ1v) is 9.09. The van der Waals surface area contributed by atoms with Gasteiger partial charge in [0.1, 0.15) is 11.6 Å². The molecular weight excluding hydrogens is 350 g/mol. The maximum atomic E-state index is 12.7. The number of hydrogen-bond acceptors (Lipinski definition) is 4. The molecule has 2 aromatic rings. The van der Waals surface area contributed by atoms with Gasteiger partial charge in [-0.05, 0) is 37.5 Å². The van der Waals surface area contributed by atoms with Crippen LogP contribution in [0, 0.1) is 18.3 Å². The van der Waals surface area contributed by atoms with Crippen LogP contribution in [0.15, 0.2) is 34.1 Å². The number of pyridine rings is 1. The zero-order valence-electron chi connectivity index (χ0n) is 14.6. The molecule has 1 aliphatic rings. The maximum Gasteiger partial charge on any atom is 0.271 e. The van der Waals surface area contributed by atoms with Crippen molar-refractivity contribution in [3.05, 3.63) is 56.3 Å². The fraction of sp³-hybridized carbons (Fsp3) is 0.350. The molecular formula is C20H20ClN3O2. The predicted molar refractivity (Wildman–Crippen MR) is 103 cm³/mol. The molecule has 0 aliphatic heterocycles. The summed E-state index contributed by atoms with van der Waals surface area (Å²) in [6, 6.07) is 9.01. The molecule has 5 nitrogen and oxygen atoms in total. The standard InChI is InChI=1S/C20H20ClN3O2/c1-13-15(11-22)19(25)24(14-7-3-2-4-8-14)20(26)16(13)12-23-18-10-6-5-9-17(18)21/h5-6,9-10,12,14,26H,2-4,7-8H2,1H3. The second-order valence-corrected chi connectivity index (χ2v) is 6.93. The lowest BCUT2D eigenvalue weighted by molar-refractivity contribution is 0.303. The number of para-hydroxylation sites is 1. The van der Waals surface area contributed by atoms with Crippen molar-refractivity contribution in [1.82, 2.24) is 4.57 Å². The van der Waals surface area contributed by atoms with Crippen LogP contribution in [0.25, 0.3) is 0 Å². The highest BCUT2D eigenvalue weighted by atomic mass is 35.5. The highest BCUT2D eigenvalue weighted by Crippen LogP contribution is 2.32. The number of aromatic hydroxyl groups is 1. The number of nitriles is 1. The van der Waals surface area contributed by atoms with E-state index in [0.29, 0.717) is 21.8 Å². The van der Waals surface area contributed by atoms with Crippen LogP contribution in [0.1, 0.15) is 54.8 Å². The normalized spacial score (nSPS) is 15.3. The van der Waals surface area contributed by atoms with Crippen LogP contribution in [-0.2, 0) is 0 Å². The van der Waals surface area contributed by atoms with Crippen molar-refractivity contribution >= 4 is 23.5 Å². The predicted octanol–water partition coefficient (Wildman–Crippen LogP) is 4.64. The summed E-state index contributed by atoms with van der Waals surface area (Å²) in [6.07, 6.45) is 6.27. The first-order valence-electron chi connectivity index (χ1n) is 8.71. The molecule has 1 aromatic heterocycles. The Kier molecular flexibility index (Phi) is 5.43. The van der Waals surface area contributed by atoms with Crippen molar-refractivity contribution in [2.75, 3.05) is 0 Å². The average Bonchev–Trinajstić information content (AvgIpc) is 2.64. The van der Waals surface area contributed by atoms with E-state index in [0.717, 1.165) is 32.1 Å². The topological polar surface area (TPSA) is 78.4 Å². The van der Waals surface area contributed by atoms with Crippen molar-refractivity contribution in [1.29, 1.82) is 5.26 Å². The SMILES string of the molecule is Cc1c(C=Nc2ccccc2Cl)c(O)n(C2CCCCC2)c(=O)c1C#N. The van der Waals surface area contributed by atoms with Crippen molar-refractivity contribution < 1.29 is 5.11 Å². The monoisotopic (exact) mass is 369 g/mol. The van der Waals surface area contributed by atoms with Crippen LogP contribution < -0.4 is 5.56 Å². The van der Waals surface area contributed by atoms with Gasteiger partial charge in [0.15, 0.2) is 0 Å². The zero-order chi connectivity index (χ0) is 18.7. The number of halogens is 1. The quantitative estimate of drug-likeness (QED) is 0.800. The molecule has 1 aliphatic carbocycles. The van der Waals surface area contributed by atoms with E-state index < -0.39 is 5.56 Å². The summed E-state index contributed by atoms with van der Waals surface area (Å²) < 4.78 is 1.37. The van der Waals surface area contributed by atoms with Gasteiger partial charge in [-0.1, -0.05) is 43.0 Å². The van der Waals surface area contributed by atoms with Crippen LogP contribution in [0.4, 0.5) is 5.69 Å². The van der Waals surface area contributed by atoms with E-state index in [4.69, 9.17) is 11.6 Å². The molecule has 0 saturated heterocycles. The number of nitrogens with zero attached hydrogens (tertiary/aromatic N) is 3. The number of rotatable bonds is 3. The van der Waals surface area contributed by atoms with Gasteiger partial charge < -0.3 is 5.11 Å². The summed E-state index contributed by atoms with van der Waals surface area (Å²) in [5, 5.41) is 20.7. The van der Waals surface area contributed by atoms with Crippen molar-refractivity contribution in [3.63, 3.8) is 0 Å². The molecule has 0 radical (unpaired) electrons. The summed E-state index contributed by atoms with van der Waals surface area (Å²) in [5.41, 5.74) is 0.990. The Labute approximate surface area is 157 Å². The lowest BCUT2D eigenvalue weighted by Gasteiger charge is -2.26. The van der Waals surface area contributed by atoms with Crippen LogP contribution in [-0.4, -0.2) is 15.9 Å². The molecule has 3 rings (SSSR count). The molecule has 0 amide bonds. The molecule has 1 N–H and O–H groups in total. The van der Waals surface area contributed by atoms with E-state index in [1.807, 2.05) is 12.1 Å². The molecule has 1 aromatic carbocycles. The Morgan fingerprint density at radius 1 is 1.31 bits per heavy atom. The van der Waals surface area contributed by atoms with E-state index >= 15 is 0 Å². The van der Waals surface area contributed by atoms with Gasteiger partial charge in [-0.15, -0.1) is 0 Å². The molecule has 0 spiro atoms. The third-order valence-electron chi connectivity index (χ3n) is 4.92. The first-order chi connectivity index (χ1) is 12.5. The fourth-order valence-electron chi connectivity index (χ4n) is 3.46. The van der Waals surface area contributed by atoms with Crippen molar-refractivity contribution in [2.24, 2.45) is 4.99 Å². The summed E-state index contributed by atoms with van der Waals surface area (Å²) in [4.78, 5) is 17.1. The van der Waals surface area contributed by atoms with Gasteiger partial charge in [0.2, 0.25) is 5.88 Å². The molecule has 6 heteroatoms. The summed E-state index contributed by atoms with van der Waals surface area (Å²) in [6.45, 7) is 1.65. The summed E-state index contributed by atoms with van der Waals surface area (Å²) in [5.74, 6) is -0.130. The fourth-order valence-corrected chi connectivity index (χ4v) is 3.65. The molecule has 0 atom stereocenters. The first kappa shape index (κ1) is 18.2. The van der Waals surface area contributed by atoms with Gasteiger partial charge in [0.05, 0.1) is 16.3 Å². The highest BCUT2D eigenvalue weighted by Gasteiger charge is 2.24. The molecule has 1 fully saturated rings. The van der Waals surface area contributed by atoms with Gasteiger partial charge in [-0.3, -0.25) is 14.4 Å². The maximum absolute atomic E-state index is 12.7. The molecule has 1 saturated carbocycles. The molecule has 0 unspecified atom stereocenters. The molecule has 0 bridgehead atoms. The Morgan fingerprint density at radius 3 is 2.65 bits per heavy atom. The Hall–Kier alpha value is -2.58. The number of hydrogen-bond donors (Lipinski definition) is 1. The van der Waals surface area contributed by atoms with Crippen LogP contribution in [0.2, 0.25) is 5.02 Å². The average molecular weight is 370 g/mol. The summed E-state index contributed by atoms with van der Waals surface area (Å²) >= 11 is 6.12. The third kappa shape index (κ3) is 3.38. The van der Waals surface area contributed by atoms with Gasteiger partial charge in [0, 0.05) is 12.3 Å². The Bertz CT molecular complexity index is 951. The number of benzene rings is 1. The second-order valence-electron chi connectivity index (χ2n) is 6.53. The smallest absolute Gasteiger partial charge is 0.271 e. The van der Waals surface area contributed by atoms with Crippen LogP contribution in [0.5, 0.6) is 5.88 Å². The van der Waals surface area contributed by atoms with Gasteiger partial charge in [0.25, 0.3) is 5.56 Å². The van der Waals surface area contributed by atoms with Gasteiger partial charge in [-0.25, -0.2) is 0 Å². The minimum atomic E-state index is -0.427. The molecule has 26 heavy (non-hydrogen) atoms. The van der Waals surface area contributed by atoms with Crippen molar-refractivity contribution in [2.45, 2.75) is 45.1 Å². The Balaban J connectivity index is 2.14. The van der Waals surface area contributed by atoms with E-state index in [1.165, 1.54) is 10.8 Å². The summed E-state index contributed by atoms with van der Waals surface area (Å²) in [7, 11) is 0. The van der Waals surface area contributed by atoms with Gasteiger partial charge >= 0.3 is 0 Å². The lowest BCUT2D eigenvalue weighted by atomic mass is 9.94. The third-order valence-corrected chi connectivity index (χ3v) is 5.24. The van der Waals surface area contributed by atoms with E-state index in [1.54, 1.807) is 25.1 Å². The van der Waals surface area contributed by atoms with Crippen molar-refractivity contribution in [3.8, 4) is 11.9 Å². The minimum absolute atomic E-state index is 0.0500. The Morgan fingerprint density at radius 2 is 2.00 bits per heavy atom. The molecule has 1 heterocycles. The number of aromatic nitrogens is 1. The van der Waals surface area contributed by atoms with Crippen LogP contribution >= 0.6 is 11.6 Å². The largest absolute Gasteiger partial charge is 0.494 e. The zero-order valence-corrected chi connectivity index (χ0v) is 15.3. The minimum Gasteiger partial charge on any atom is -0.494 e. The van der Waals surface area contributed by atoms with E-state index in [-0.39, 0.29) is 17.5 Å². The van der Waals surface area contributed by atoms with E-state index in [2.05, 4.69) is 4.99 Å². The number of aliphatic imine (C=N–C) groups is 1. The van der Waals surface area contributed by atoms with E-state index in [9.17, 15) is 15.2 Å². The van der Waals surface area contributed by atoms with Gasteiger partial charge in [-0.2, -0.15) is 5.26 Å².